The largest absolute Gasteiger partial charge is 0.478 e. The fourth-order valence-corrected chi connectivity index (χ4v) is 6.15. The summed E-state index contributed by atoms with van der Waals surface area (Å²) in [4.78, 5) is 44.7. The molecule has 0 spiro atoms. The van der Waals surface area contributed by atoms with Crippen molar-refractivity contribution in [2.45, 2.75) is 37.8 Å². The molecule has 2 aromatic carbocycles. The van der Waals surface area contributed by atoms with Gasteiger partial charge in [-0.05, 0) is 75.1 Å². The van der Waals surface area contributed by atoms with Crippen LogP contribution < -0.4 is 14.9 Å². The summed E-state index contributed by atoms with van der Waals surface area (Å²) in [5, 5.41) is 9.52. The maximum absolute atomic E-state index is 13.8. The summed E-state index contributed by atoms with van der Waals surface area (Å²) in [6.07, 6.45) is 3.25. The number of allylic oxidation sites excluding steroid dienone is 1. The zero-order chi connectivity index (χ0) is 29.4. The predicted octanol–water partition coefficient (Wildman–Crippen LogP) is 5.52. The highest BCUT2D eigenvalue weighted by Crippen LogP contribution is 2.32. The number of thiazole rings is 1. The van der Waals surface area contributed by atoms with Crippen LogP contribution in [0.1, 0.15) is 48.5 Å². The smallest absolute Gasteiger partial charge is 0.338 e. The summed E-state index contributed by atoms with van der Waals surface area (Å²) in [6.45, 7) is 5.29. The standard InChI is InChI=1S/C30H25ClN2O6S2/c1-15(2)38-29(37)25-16(3)32-30-33(26(25)17-5-9-20(40-4)10-6-17)27(34)24(41-30)14-19-8-12-23(39-19)18-7-11-22(31)21(13-18)28(35)36/h5-15,26H,1-4H3,(H,35,36)/b24-14-/t26-/m0/s1. The first-order valence-corrected chi connectivity index (χ1v) is 15.0. The number of aromatic nitrogens is 1. The van der Waals surface area contributed by atoms with Gasteiger partial charge in [0, 0.05) is 16.5 Å². The Balaban J connectivity index is 1.61. The van der Waals surface area contributed by atoms with E-state index in [0.717, 1.165) is 10.5 Å². The Kier molecular flexibility index (Phi) is 8.08. The van der Waals surface area contributed by atoms with Crippen molar-refractivity contribution in [3.63, 3.8) is 0 Å². The van der Waals surface area contributed by atoms with E-state index in [-0.39, 0.29) is 22.2 Å². The van der Waals surface area contributed by atoms with Crippen LogP contribution in [0.5, 0.6) is 0 Å². The molecule has 4 aromatic rings. The highest BCUT2D eigenvalue weighted by Gasteiger charge is 2.33. The van der Waals surface area contributed by atoms with E-state index in [9.17, 15) is 19.5 Å². The van der Waals surface area contributed by atoms with Gasteiger partial charge in [-0.2, -0.15) is 0 Å². The Hall–Kier alpha value is -3.86. The average Bonchev–Trinajstić information content (AvgIpc) is 3.52. The third kappa shape index (κ3) is 5.68. The third-order valence-electron chi connectivity index (χ3n) is 6.40. The van der Waals surface area contributed by atoms with Gasteiger partial charge in [0.25, 0.3) is 5.56 Å². The summed E-state index contributed by atoms with van der Waals surface area (Å²) in [5.41, 5.74) is 1.73. The molecule has 0 fully saturated rings. The van der Waals surface area contributed by atoms with Crippen molar-refractivity contribution in [3.05, 3.63) is 107 Å². The van der Waals surface area contributed by atoms with Crippen molar-refractivity contribution < 1.29 is 23.8 Å². The Labute approximate surface area is 248 Å². The maximum Gasteiger partial charge on any atom is 0.338 e. The lowest BCUT2D eigenvalue weighted by atomic mass is 9.96. The summed E-state index contributed by atoms with van der Waals surface area (Å²) < 4.78 is 13.4. The first-order chi connectivity index (χ1) is 19.6. The van der Waals surface area contributed by atoms with Gasteiger partial charge in [-0.3, -0.25) is 9.36 Å². The number of fused-ring (bicyclic) bond motifs is 1. The number of thioether (sulfide) groups is 1. The van der Waals surface area contributed by atoms with E-state index in [1.165, 1.54) is 28.0 Å². The molecule has 5 rings (SSSR count). The molecule has 11 heteroatoms. The van der Waals surface area contributed by atoms with Crippen LogP contribution in [-0.4, -0.2) is 34.0 Å². The predicted molar refractivity (Wildman–Crippen MR) is 159 cm³/mol. The molecule has 1 atom stereocenters. The Morgan fingerprint density at radius 3 is 2.56 bits per heavy atom. The van der Waals surface area contributed by atoms with Crippen molar-refractivity contribution in [3.8, 4) is 11.3 Å². The summed E-state index contributed by atoms with van der Waals surface area (Å²) in [5.74, 6) is -0.846. The van der Waals surface area contributed by atoms with Crippen molar-refractivity contribution in [2.75, 3.05) is 6.26 Å². The number of benzene rings is 2. The van der Waals surface area contributed by atoms with Gasteiger partial charge < -0.3 is 14.3 Å². The first kappa shape index (κ1) is 28.7. The molecule has 0 saturated carbocycles. The molecular weight excluding hydrogens is 584 g/mol. The molecule has 0 bridgehead atoms. The van der Waals surface area contributed by atoms with E-state index in [1.807, 2.05) is 30.5 Å². The lowest BCUT2D eigenvalue weighted by Crippen LogP contribution is -2.40. The molecule has 0 unspecified atom stereocenters. The number of carbonyl (C=O) groups excluding carboxylic acids is 1. The van der Waals surface area contributed by atoms with Crippen LogP contribution in [0.4, 0.5) is 0 Å². The molecule has 41 heavy (non-hydrogen) atoms. The van der Waals surface area contributed by atoms with Gasteiger partial charge >= 0.3 is 11.9 Å². The first-order valence-electron chi connectivity index (χ1n) is 12.6. The number of hydrogen-bond donors (Lipinski definition) is 1. The van der Waals surface area contributed by atoms with Crippen molar-refractivity contribution in [1.29, 1.82) is 0 Å². The number of nitrogens with zero attached hydrogens (tertiary/aromatic N) is 2. The lowest BCUT2D eigenvalue weighted by molar-refractivity contribution is -0.143. The topological polar surface area (TPSA) is 111 Å². The number of hydrogen-bond acceptors (Lipinski definition) is 8. The SMILES string of the molecule is CSc1ccc([C@H]2C(C(=O)OC(C)C)=C(C)N=c3s/c(=C\c4ccc(-c5ccc(Cl)c(C(=O)O)c5)o4)c(=O)n32)cc1. The molecule has 1 N–H and O–H groups in total. The highest BCUT2D eigenvalue weighted by molar-refractivity contribution is 7.98. The monoisotopic (exact) mass is 608 g/mol. The van der Waals surface area contributed by atoms with Gasteiger partial charge in [0.1, 0.15) is 11.5 Å². The molecule has 0 saturated heterocycles. The molecule has 0 amide bonds. The van der Waals surface area contributed by atoms with Crippen LogP contribution in [0, 0.1) is 0 Å². The summed E-state index contributed by atoms with van der Waals surface area (Å²) >= 11 is 8.79. The quantitative estimate of drug-likeness (QED) is 0.217. The number of ether oxygens (including phenoxy) is 1. The third-order valence-corrected chi connectivity index (χ3v) is 8.45. The van der Waals surface area contributed by atoms with Gasteiger partial charge in [-0.25, -0.2) is 14.6 Å². The molecule has 8 nitrogen and oxygen atoms in total. The number of halogens is 1. The van der Waals surface area contributed by atoms with Crippen molar-refractivity contribution >= 4 is 52.7 Å². The Morgan fingerprint density at radius 1 is 1.17 bits per heavy atom. The molecule has 0 aliphatic carbocycles. The molecule has 2 aromatic heterocycles. The number of carbonyl (C=O) groups is 2. The zero-order valence-corrected chi connectivity index (χ0v) is 24.9. The zero-order valence-electron chi connectivity index (χ0n) is 22.5. The number of aromatic carboxylic acids is 1. The fourth-order valence-electron chi connectivity index (χ4n) is 4.52. The molecular formula is C30H25ClN2O6S2. The molecule has 0 radical (unpaired) electrons. The van der Waals surface area contributed by atoms with Gasteiger partial charge in [-0.1, -0.05) is 35.1 Å². The van der Waals surface area contributed by atoms with E-state index in [1.54, 1.807) is 56.8 Å². The van der Waals surface area contributed by atoms with Crippen LogP contribution >= 0.6 is 34.7 Å². The van der Waals surface area contributed by atoms with Crippen molar-refractivity contribution in [2.24, 2.45) is 4.99 Å². The number of carboxylic acids is 1. The minimum absolute atomic E-state index is 0.0387. The second-order valence-corrected chi connectivity index (χ2v) is 11.8. The number of rotatable bonds is 7. The average molecular weight is 609 g/mol. The van der Waals surface area contributed by atoms with E-state index < -0.39 is 18.0 Å². The highest BCUT2D eigenvalue weighted by atomic mass is 35.5. The Morgan fingerprint density at radius 2 is 1.90 bits per heavy atom. The molecule has 1 aliphatic heterocycles. The number of carboxylic acid groups (broad SMARTS) is 1. The fraction of sp³-hybridized carbons (Fsp3) is 0.200. The van der Waals surface area contributed by atoms with Crippen LogP contribution in [0.25, 0.3) is 17.4 Å². The molecule has 3 heterocycles. The van der Waals surface area contributed by atoms with Crippen LogP contribution in [0.2, 0.25) is 5.02 Å². The van der Waals surface area contributed by atoms with Gasteiger partial charge in [0.05, 0.1) is 38.5 Å². The van der Waals surface area contributed by atoms with Crippen LogP contribution in [-0.2, 0) is 9.53 Å². The van der Waals surface area contributed by atoms with E-state index >= 15 is 0 Å². The van der Waals surface area contributed by atoms with E-state index in [0.29, 0.717) is 37.7 Å². The number of esters is 1. The second kappa shape index (κ2) is 11.6. The van der Waals surface area contributed by atoms with E-state index in [4.69, 9.17) is 20.8 Å². The Bertz CT molecular complexity index is 1880. The minimum atomic E-state index is -1.14. The molecule has 1 aliphatic rings. The van der Waals surface area contributed by atoms with Gasteiger partial charge in [-0.15, -0.1) is 11.8 Å². The summed E-state index contributed by atoms with van der Waals surface area (Å²) in [6, 6.07) is 15.0. The maximum atomic E-state index is 13.8. The van der Waals surface area contributed by atoms with Gasteiger partial charge in [0.2, 0.25) is 0 Å². The van der Waals surface area contributed by atoms with Gasteiger partial charge in [0.15, 0.2) is 4.80 Å². The van der Waals surface area contributed by atoms with Crippen LogP contribution in [0.15, 0.2) is 85.0 Å². The normalized spacial score (nSPS) is 15.2. The lowest BCUT2D eigenvalue weighted by Gasteiger charge is -2.25. The molecule has 210 valence electrons. The van der Waals surface area contributed by atoms with Crippen LogP contribution in [0.3, 0.4) is 0 Å². The van der Waals surface area contributed by atoms with E-state index in [2.05, 4.69) is 4.99 Å². The minimum Gasteiger partial charge on any atom is -0.478 e. The number of furan rings is 1. The summed E-state index contributed by atoms with van der Waals surface area (Å²) in [7, 11) is 0. The van der Waals surface area contributed by atoms with Crippen molar-refractivity contribution in [1.82, 2.24) is 4.57 Å². The second-order valence-electron chi connectivity index (χ2n) is 9.51.